The second kappa shape index (κ2) is 12.4. The molecule has 1 N–H and O–H groups in total. The van der Waals surface area contributed by atoms with E-state index in [0.29, 0.717) is 12.0 Å². The highest BCUT2D eigenvalue weighted by molar-refractivity contribution is 7.18. The molecule has 2 heterocycles. The number of esters is 2. The summed E-state index contributed by atoms with van der Waals surface area (Å²) in [6.07, 6.45) is 0.597. The average molecular weight is 551 g/mol. The molecule has 3 aromatic rings. The molecule has 1 aromatic carbocycles. The number of ether oxygens (including phenoxy) is 3. The van der Waals surface area contributed by atoms with E-state index in [4.69, 9.17) is 30.2 Å². The molecule has 0 unspecified atom stereocenters. The fourth-order valence-electron chi connectivity index (χ4n) is 3.11. The Morgan fingerprint density at radius 3 is 2.57 bits per heavy atom. The summed E-state index contributed by atoms with van der Waals surface area (Å²) < 4.78 is 21.3. The number of carbonyl (C=O) groups excluding carboxylic acids is 3. The zero-order chi connectivity index (χ0) is 27.1. The SMILES string of the molecule is CCCOC(=O)c1c(NC(=O)c2ccc(COc3cc([N+](=O)[O-])ccc3Cl)o2)sc(C(=O)OCC)c1C. The quantitative estimate of drug-likeness (QED) is 0.178. The summed E-state index contributed by atoms with van der Waals surface area (Å²) in [5.74, 6) is -1.75. The number of halogens is 1. The molecule has 0 saturated heterocycles. The summed E-state index contributed by atoms with van der Waals surface area (Å²) in [6.45, 7) is 5.23. The van der Waals surface area contributed by atoms with Crippen molar-refractivity contribution in [2.75, 3.05) is 18.5 Å². The van der Waals surface area contributed by atoms with Crippen molar-refractivity contribution in [3.63, 3.8) is 0 Å². The molecule has 1 amide bonds. The predicted octanol–water partition coefficient (Wildman–Crippen LogP) is 5.79. The number of nitro benzene ring substituents is 1. The maximum Gasteiger partial charge on any atom is 0.348 e. The van der Waals surface area contributed by atoms with Crippen molar-refractivity contribution in [3.05, 3.63) is 73.0 Å². The molecule has 0 atom stereocenters. The van der Waals surface area contributed by atoms with Gasteiger partial charge in [-0.3, -0.25) is 14.9 Å². The van der Waals surface area contributed by atoms with E-state index in [9.17, 15) is 24.5 Å². The Morgan fingerprint density at radius 1 is 1.14 bits per heavy atom. The first-order valence-corrected chi connectivity index (χ1v) is 12.3. The molecular formula is C24H23ClN2O9S. The average Bonchev–Trinajstić information content (AvgIpc) is 3.46. The third-order valence-corrected chi connectivity index (χ3v) is 6.36. The van der Waals surface area contributed by atoms with Crippen molar-refractivity contribution in [2.45, 2.75) is 33.8 Å². The molecule has 0 spiro atoms. The van der Waals surface area contributed by atoms with Crippen LogP contribution in [-0.4, -0.2) is 36.0 Å². The molecule has 3 rings (SSSR count). The summed E-state index contributed by atoms with van der Waals surface area (Å²) in [4.78, 5) is 48.4. The van der Waals surface area contributed by atoms with Crippen LogP contribution < -0.4 is 10.1 Å². The molecule has 0 aliphatic heterocycles. The Kier molecular flexibility index (Phi) is 9.25. The molecule has 0 radical (unpaired) electrons. The lowest BCUT2D eigenvalue weighted by Crippen LogP contribution is -2.14. The van der Waals surface area contributed by atoms with Gasteiger partial charge in [0, 0.05) is 6.07 Å². The number of non-ortho nitro benzene ring substituents is 1. The van der Waals surface area contributed by atoms with E-state index in [2.05, 4.69) is 5.32 Å². The van der Waals surface area contributed by atoms with Crippen molar-refractivity contribution in [1.82, 2.24) is 0 Å². The normalized spacial score (nSPS) is 10.6. The summed E-state index contributed by atoms with van der Waals surface area (Å²) in [7, 11) is 0. The van der Waals surface area contributed by atoms with Gasteiger partial charge in [0.2, 0.25) is 0 Å². The number of anilines is 1. The highest BCUT2D eigenvalue weighted by Crippen LogP contribution is 2.35. The maximum absolute atomic E-state index is 12.9. The minimum atomic E-state index is -0.680. The minimum Gasteiger partial charge on any atom is -0.484 e. The van der Waals surface area contributed by atoms with Crippen LogP contribution in [0, 0.1) is 17.0 Å². The Labute approximate surface area is 220 Å². The van der Waals surface area contributed by atoms with Crippen LogP contribution in [0.25, 0.3) is 0 Å². The van der Waals surface area contributed by atoms with Gasteiger partial charge in [-0.25, -0.2) is 9.59 Å². The first-order valence-electron chi connectivity index (χ1n) is 11.1. The van der Waals surface area contributed by atoms with E-state index in [1.54, 1.807) is 13.8 Å². The Morgan fingerprint density at radius 2 is 1.89 bits per heavy atom. The van der Waals surface area contributed by atoms with Crippen molar-refractivity contribution in [2.24, 2.45) is 0 Å². The second-order valence-electron chi connectivity index (χ2n) is 7.50. The summed E-state index contributed by atoms with van der Waals surface area (Å²) in [5.41, 5.74) is 0.202. The molecule has 11 nitrogen and oxygen atoms in total. The third kappa shape index (κ3) is 6.66. The lowest BCUT2D eigenvalue weighted by molar-refractivity contribution is -0.384. The lowest BCUT2D eigenvalue weighted by atomic mass is 10.1. The molecule has 0 saturated carbocycles. The number of carbonyl (C=O) groups is 3. The van der Waals surface area contributed by atoms with Gasteiger partial charge in [-0.1, -0.05) is 18.5 Å². The van der Waals surface area contributed by atoms with Crippen molar-refractivity contribution >= 4 is 51.5 Å². The molecule has 2 aromatic heterocycles. The van der Waals surface area contributed by atoms with Crippen LogP contribution in [0.1, 0.15) is 62.2 Å². The lowest BCUT2D eigenvalue weighted by Gasteiger charge is -2.07. The molecule has 0 aliphatic carbocycles. The predicted molar refractivity (Wildman–Crippen MR) is 135 cm³/mol. The molecule has 13 heteroatoms. The third-order valence-electron chi connectivity index (χ3n) is 4.86. The van der Waals surface area contributed by atoms with Gasteiger partial charge in [-0.2, -0.15) is 0 Å². The molecular weight excluding hydrogens is 528 g/mol. The van der Waals surface area contributed by atoms with Crippen molar-refractivity contribution in [1.29, 1.82) is 0 Å². The van der Waals surface area contributed by atoms with Gasteiger partial charge in [-0.05, 0) is 44.0 Å². The fourth-order valence-corrected chi connectivity index (χ4v) is 4.37. The topological polar surface area (TPSA) is 147 Å². The Hall–Kier alpha value is -3.90. The van der Waals surface area contributed by atoms with Crippen LogP contribution in [0.3, 0.4) is 0 Å². The number of nitrogens with zero attached hydrogens (tertiary/aromatic N) is 1. The van der Waals surface area contributed by atoms with Crippen LogP contribution in [0.15, 0.2) is 34.7 Å². The number of hydrogen-bond donors (Lipinski definition) is 1. The summed E-state index contributed by atoms with van der Waals surface area (Å²) in [5, 5.41) is 13.9. The molecule has 196 valence electrons. The minimum absolute atomic E-state index is 0.0604. The van der Waals surface area contributed by atoms with Crippen LogP contribution in [0.5, 0.6) is 5.75 Å². The Balaban J connectivity index is 1.78. The maximum atomic E-state index is 12.9. The van der Waals surface area contributed by atoms with E-state index in [1.807, 2.05) is 6.92 Å². The first kappa shape index (κ1) is 27.7. The van der Waals surface area contributed by atoms with Crippen molar-refractivity contribution < 1.29 is 37.9 Å². The second-order valence-corrected chi connectivity index (χ2v) is 8.93. The van der Waals surface area contributed by atoms with Crippen LogP contribution in [0.4, 0.5) is 10.7 Å². The van der Waals surface area contributed by atoms with Gasteiger partial charge >= 0.3 is 11.9 Å². The summed E-state index contributed by atoms with van der Waals surface area (Å²) >= 11 is 6.93. The molecule has 0 bridgehead atoms. The number of amides is 1. The number of nitro groups is 1. The van der Waals surface area contributed by atoms with E-state index < -0.39 is 22.8 Å². The van der Waals surface area contributed by atoms with E-state index >= 15 is 0 Å². The number of hydrogen-bond acceptors (Lipinski definition) is 10. The van der Waals surface area contributed by atoms with Gasteiger partial charge < -0.3 is 23.9 Å². The van der Waals surface area contributed by atoms with Crippen LogP contribution in [-0.2, 0) is 16.1 Å². The van der Waals surface area contributed by atoms with Crippen LogP contribution in [0.2, 0.25) is 5.02 Å². The number of nitrogens with one attached hydrogen (secondary N) is 1. The van der Waals surface area contributed by atoms with Gasteiger partial charge in [0.1, 0.15) is 28.0 Å². The number of rotatable bonds is 11. The summed E-state index contributed by atoms with van der Waals surface area (Å²) in [6, 6.07) is 6.65. The number of benzene rings is 1. The van der Waals surface area contributed by atoms with Gasteiger partial charge in [-0.15, -0.1) is 11.3 Å². The van der Waals surface area contributed by atoms with E-state index in [-0.39, 0.29) is 63.2 Å². The van der Waals surface area contributed by atoms with Gasteiger partial charge in [0.05, 0.1) is 34.8 Å². The smallest absolute Gasteiger partial charge is 0.348 e. The molecule has 0 aliphatic rings. The van der Waals surface area contributed by atoms with Crippen molar-refractivity contribution in [3.8, 4) is 5.75 Å². The number of furan rings is 1. The highest BCUT2D eigenvalue weighted by Gasteiger charge is 2.28. The highest BCUT2D eigenvalue weighted by atomic mass is 35.5. The molecule has 37 heavy (non-hydrogen) atoms. The van der Waals surface area contributed by atoms with E-state index in [0.717, 1.165) is 11.3 Å². The van der Waals surface area contributed by atoms with Crippen LogP contribution >= 0.6 is 22.9 Å². The first-order chi connectivity index (χ1) is 17.7. The molecule has 0 fully saturated rings. The monoisotopic (exact) mass is 550 g/mol. The standard InChI is InChI=1S/C24H23ClN2O9S/c1-4-10-34-23(29)19-13(3)20(24(30)33-5-2)37-22(19)26-21(28)17-9-7-15(36-17)12-35-18-11-14(27(31)32)6-8-16(18)25/h6-9,11H,4-5,10,12H2,1-3H3,(H,26,28). The zero-order valence-corrected chi connectivity index (χ0v) is 21.7. The van der Waals surface area contributed by atoms with Gasteiger partial charge in [0.15, 0.2) is 5.76 Å². The largest absolute Gasteiger partial charge is 0.484 e. The zero-order valence-electron chi connectivity index (χ0n) is 20.1. The fraction of sp³-hybridized carbons (Fsp3) is 0.292. The van der Waals surface area contributed by atoms with Gasteiger partial charge in [0.25, 0.3) is 11.6 Å². The Bertz CT molecular complexity index is 1330. The van der Waals surface area contributed by atoms with E-state index in [1.165, 1.54) is 30.3 Å². The number of thiophene rings is 1.